The molecular weight excluding hydrogens is 552 g/mol. The summed E-state index contributed by atoms with van der Waals surface area (Å²) >= 11 is 0. The number of amides is 5. The highest BCUT2D eigenvalue weighted by Gasteiger charge is 2.44. The first kappa shape index (κ1) is 33.1. The number of imide groups is 1. The molecule has 2 aliphatic heterocycles. The third-order valence-electron chi connectivity index (χ3n) is 6.77. The topological polar surface area (TPSA) is 196 Å². The Morgan fingerprint density at radius 2 is 1.57 bits per heavy atom. The van der Waals surface area contributed by atoms with Gasteiger partial charge in [-0.1, -0.05) is 12.8 Å². The zero-order chi connectivity index (χ0) is 30.5. The first-order valence-corrected chi connectivity index (χ1v) is 14.0. The standard InChI is InChI=1S/C28H40N4O10/c1-18(34)30-25-21(42-22(17-33)26(37)27(25)38)5-3-2-4-13-40-15-16-41-14-12-29-28(39)31-19-6-8-20(9-7-19)32-23(35)10-11-24(32)36/h6-11,21-22,25-27,33,37-38H,2-5,12-17H2,1H3,(H,30,34)(H2,29,31,39)/t21-,22-,25+,26+,27-/m1/s1. The molecule has 2 heterocycles. The van der Waals surface area contributed by atoms with Crippen molar-refractivity contribution in [3.63, 3.8) is 0 Å². The monoisotopic (exact) mass is 592 g/mol. The number of ether oxygens (including phenoxy) is 3. The minimum Gasteiger partial charge on any atom is -0.394 e. The Hall–Kier alpha value is -3.40. The maximum Gasteiger partial charge on any atom is 0.319 e. The molecule has 1 fully saturated rings. The molecule has 3 rings (SSSR count). The van der Waals surface area contributed by atoms with E-state index < -0.39 is 54.9 Å². The van der Waals surface area contributed by atoms with Crippen molar-refractivity contribution in [3.05, 3.63) is 36.4 Å². The van der Waals surface area contributed by atoms with Crippen LogP contribution in [0.1, 0.15) is 32.6 Å². The Balaban J connectivity index is 1.19. The van der Waals surface area contributed by atoms with Crippen molar-refractivity contribution >= 4 is 35.1 Å². The van der Waals surface area contributed by atoms with E-state index in [9.17, 15) is 34.5 Å². The number of hydrogen-bond acceptors (Lipinski definition) is 10. The van der Waals surface area contributed by atoms with E-state index in [4.69, 9.17) is 14.2 Å². The predicted octanol–water partition coefficient (Wildman–Crippen LogP) is -0.183. The number of aliphatic hydroxyl groups is 3. The summed E-state index contributed by atoms with van der Waals surface area (Å²) in [4.78, 5) is 48.1. The summed E-state index contributed by atoms with van der Waals surface area (Å²) in [6.45, 7) is 2.78. The van der Waals surface area contributed by atoms with Crippen LogP contribution in [0, 0.1) is 0 Å². The maximum atomic E-state index is 12.1. The average Bonchev–Trinajstić information content (AvgIpc) is 3.30. The first-order chi connectivity index (χ1) is 20.2. The quantitative estimate of drug-likeness (QED) is 0.111. The molecule has 0 bridgehead atoms. The lowest BCUT2D eigenvalue weighted by molar-refractivity contribution is -0.196. The van der Waals surface area contributed by atoms with E-state index in [1.165, 1.54) is 19.1 Å². The van der Waals surface area contributed by atoms with Gasteiger partial charge in [0.05, 0.1) is 44.3 Å². The molecule has 1 aromatic rings. The Kier molecular flexibility index (Phi) is 13.3. The van der Waals surface area contributed by atoms with E-state index in [0.29, 0.717) is 44.2 Å². The smallest absolute Gasteiger partial charge is 0.319 e. The molecule has 14 heteroatoms. The molecule has 0 aliphatic carbocycles. The van der Waals surface area contributed by atoms with Crippen LogP contribution >= 0.6 is 0 Å². The van der Waals surface area contributed by atoms with Gasteiger partial charge in [-0.05, 0) is 37.1 Å². The number of rotatable bonds is 16. The van der Waals surface area contributed by atoms with Crippen molar-refractivity contribution in [1.29, 1.82) is 0 Å². The molecule has 2 aliphatic rings. The highest BCUT2D eigenvalue weighted by atomic mass is 16.5. The van der Waals surface area contributed by atoms with Crippen molar-refractivity contribution in [2.75, 3.05) is 49.8 Å². The molecule has 0 aromatic heterocycles. The highest BCUT2D eigenvalue weighted by Crippen LogP contribution is 2.25. The Labute approximate surface area is 244 Å². The number of anilines is 2. The van der Waals surface area contributed by atoms with E-state index in [-0.39, 0.29) is 12.5 Å². The molecule has 0 saturated carbocycles. The van der Waals surface area contributed by atoms with Gasteiger partial charge in [0.1, 0.15) is 18.3 Å². The normalized spacial score (nSPS) is 23.7. The van der Waals surface area contributed by atoms with E-state index in [1.807, 2.05) is 0 Å². The van der Waals surface area contributed by atoms with Crippen LogP contribution in [-0.2, 0) is 28.6 Å². The number of nitrogens with one attached hydrogen (secondary N) is 3. The number of nitrogens with zero attached hydrogens (tertiary/aromatic N) is 1. The van der Waals surface area contributed by atoms with Crippen molar-refractivity contribution in [2.24, 2.45) is 0 Å². The van der Waals surface area contributed by atoms with Crippen LogP contribution in [0.25, 0.3) is 0 Å². The molecule has 42 heavy (non-hydrogen) atoms. The molecule has 0 spiro atoms. The Morgan fingerprint density at radius 1 is 0.905 bits per heavy atom. The van der Waals surface area contributed by atoms with Crippen LogP contribution in [0.3, 0.4) is 0 Å². The lowest BCUT2D eigenvalue weighted by Crippen LogP contribution is -2.63. The SMILES string of the molecule is CC(=O)N[C@@H]1[C@@H](O)[C@@H](O)[C@@H](CO)O[C@@H]1CCCCCOCCOCCNC(=O)Nc1ccc(N2C(=O)C=CC2=O)cc1. The molecule has 0 radical (unpaired) electrons. The lowest BCUT2D eigenvalue weighted by atomic mass is 9.90. The van der Waals surface area contributed by atoms with Gasteiger partial charge in [-0.3, -0.25) is 14.4 Å². The fourth-order valence-electron chi connectivity index (χ4n) is 4.66. The van der Waals surface area contributed by atoms with E-state index in [1.54, 1.807) is 24.3 Å². The van der Waals surface area contributed by atoms with E-state index in [2.05, 4.69) is 16.0 Å². The van der Waals surface area contributed by atoms with Gasteiger partial charge >= 0.3 is 6.03 Å². The summed E-state index contributed by atoms with van der Waals surface area (Å²) in [6, 6.07) is 5.16. The highest BCUT2D eigenvalue weighted by molar-refractivity contribution is 6.28. The summed E-state index contributed by atoms with van der Waals surface area (Å²) in [5.74, 6) is -1.16. The molecule has 6 N–H and O–H groups in total. The maximum absolute atomic E-state index is 12.1. The van der Waals surface area contributed by atoms with Crippen LogP contribution in [0.5, 0.6) is 0 Å². The fraction of sp³-hybridized carbons (Fsp3) is 0.571. The molecule has 1 aromatic carbocycles. The minimum atomic E-state index is -1.28. The van der Waals surface area contributed by atoms with Crippen LogP contribution in [0.2, 0.25) is 0 Å². The van der Waals surface area contributed by atoms with Gasteiger partial charge in [-0.25, -0.2) is 9.69 Å². The van der Waals surface area contributed by atoms with Crippen LogP contribution < -0.4 is 20.9 Å². The van der Waals surface area contributed by atoms with Crippen molar-refractivity contribution in [1.82, 2.24) is 10.6 Å². The fourth-order valence-corrected chi connectivity index (χ4v) is 4.66. The number of urea groups is 1. The third kappa shape index (κ3) is 9.86. The molecule has 5 amide bonds. The van der Waals surface area contributed by atoms with E-state index >= 15 is 0 Å². The minimum absolute atomic E-state index is 0.290. The Morgan fingerprint density at radius 3 is 2.21 bits per heavy atom. The summed E-state index contributed by atoms with van der Waals surface area (Å²) in [5, 5.41) is 37.8. The van der Waals surface area contributed by atoms with Gasteiger partial charge < -0.3 is 45.5 Å². The molecular formula is C28H40N4O10. The first-order valence-electron chi connectivity index (χ1n) is 14.0. The van der Waals surface area contributed by atoms with Gasteiger partial charge in [0.2, 0.25) is 5.91 Å². The average molecular weight is 593 g/mol. The molecule has 232 valence electrons. The Bertz CT molecular complexity index is 1060. The largest absolute Gasteiger partial charge is 0.394 e. The van der Waals surface area contributed by atoms with Crippen molar-refractivity contribution < 1.29 is 48.7 Å². The van der Waals surface area contributed by atoms with Gasteiger partial charge in [0, 0.05) is 37.9 Å². The number of benzene rings is 1. The van der Waals surface area contributed by atoms with Gasteiger partial charge in [0.25, 0.3) is 11.8 Å². The zero-order valence-corrected chi connectivity index (χ0v) is 23.6. The lowest BCUT2D eigenvalue weighted by Gasteiger charge is -2.42. The summed E-state index contributed by atoms with van der Waals surface area (Å²) < 4.78 is 16.7. The van der Waals surface area contributed by atoms with Gasteiger partial charge in [-0.15, -0.1) is 0 Å². The third-order valence-corrected chi connectivity index (χ3v) is 6.77. The number of aliphatic hydroxyl groups excluding tert-OH is 3. The molecule has 0 unspecified atom stereocenters. The van der Waals surface area contributed by atoms with Crippen molar-refractivity contribution in [2.45, 2.75) is 63.1 Å². The van der Waals surface area contributed by atoms with Gasteiger partial charge in [0.15, 0.2) is 0 Å². The van der Waals surface area contributed by atoms with Crippen LogP contribution in [-0.4, -0.2) is 109 Å². The second-order valence-electron chi connectivity index (χ2n) is 9.95. The zero-order valence-electron chi connectivity index (χ0n) is 23.6. The summed E-state index contributed by atoms with van der Waals surface area (Å²) in [6.07, 6.45) is 1.37. The van der Waals surface area contributed by atoms with Crippen LogP contribution in [0.15, 0.2) is 36.4 Å². The number of carbonyl (C=O) groups excluding carboxylic acids is 4. The van der Waals surface area contributed by atoms with Crippen molar-refractivity contribution in [3.8, 4) is 0 Å². The molecule has 1 saturated heterocycles. The molecule has 5 atom stereocenters. The van der Waals surface area contributed by atoms with Crippen LogP contribution in [0.4, 0.5) is 16.2 Å². The number of carbonyl (C=O) groups is 4. The molecule has 14 nitrogen and oxygen atoms in total. The number of hydrogen-bond donors (Lipinski definition) is 6. The summed E-state index contributed by atoms with van der Waals surface area (Å²) in [5.41, 5.74) is 0.920. The second-order valence-corrected chi connectivity index (χ2v) is 9.95. The van der Waals surface area contributed by atoms with Gasteiger partial charge in [-0.2, -0.15) is 0 Å². The predicted molar refractivity (Wildman–Crippen MR) is 151 cm³/mol. The summed E-state index contributed by atoms with van der Waals surface area (Å²) in [7, 11) is 0. The number of unbranched alkanes of at least 4 members (excludes halogenated alkanes) is 2. The van der Waals surface area contributed by atoms with E-state index in [0.717, 1.165) is 24.2 Å². The second kappa shape index (κ2) is 16.9.